The third kappa shape index (κ3) is 5.85. The zero-order valence-electron chi connectivity index (χ0n) is 14.4. The van der Waals surface area contributed by atoms with Gasteiger partial charge < -0.3 is 37.0 Å². The molecule has 1 aromatic carbocycles. The van der Waals surface area contributed by atoms with Crippen LogP contribution >= 0.6 is 67.8 Å². The van der Waals surface area contributed by atoms with E-state index in [-0.39, 0.29) is 46.6 Å². The van der Waals surface area contributed by atoms with E-state index in [2.05, 4.69) is 5.32 Å². The van der Waals surface area contributed by atoms with Crippen LogP contribution in [-0.2, 0) is 4.79 Å². The van der Waals surface area contributed by atoms with Gasteiger partial charge in [-0.15, -0.1) is 0 Å². The van der Waals surface area contributed by atoms with E-state index in [1.54, 1.807) is 0 Å². The molecular formula is C15H19I3N4O6. The number of nitrogens with one attached hydrogen (secondary N) is 1. The molecule has 0 heterocycles. The summed E-state index contributed by atoms with van der Waals surface area (Å²) in [4.78, 5) is 38.3. The molecule has 0 aliphatic heterocycles. The second kappa shape index (κ2) is 11.7. The Morgan fingerprint density at radius 3 is 2.11 bits per heavy atom. The lowest BCUT2D eigenvalue weighted by Gasteiger charge is -2.27. The summed E-state index contributed by atoms with van der Waals surface area (Å²) in [6.07, 6.45) is -1.15. The van der Waals surface area contributed by atoms with Crippen LogP contribution in [0.15, 0.2) is 0 Å². The third-order valence-electron chi connectivity index (χ3n) is 3.55. The summed E-state index contributed by atoms with van der Waals surface area (Å²) in [5.41, 5.74) is 11.3. The van der Waals surface area contributed by atoms with Crippen molar-refractivity contribution in [1.29, 1.82) is 0 Å². The molecule has 1 atom stereocenters. The fourth-order valence-electron chi connectivity index (χ4n) is 2.24. The van der Waals surface area contributed by atoms with Gasteiger partial charge in [0.25, 0.3) is 11.8 Å². The number of benzene rings is 1. The molecule has 3 amide bonds. The van der Waals surface area contributed by atoms with Crippen molar-refractivity contribution in [2.24, 2.45) is 11.5 Å². The van der Waals surface area contributed by atoms with E-state index in [0.717, 1.165) is 0 Å². The van der Waals surface area contributed by atoms with Gasteiger partial charge >= 0.3 is 0 Å². The van der Waals surface area contributed by atoms with Crippen molar-refractivity contribution >= 4 is 91.2 Å². The monoisotopic (exact) mass is 732 g/mol. The van der Waals surface area contributed by atoms with E-state index < -0.39 is 30.4 Å². The predicted octanol–water partition coefficient (Wildman–Crippen LogP) is -1.03. The quantitative estimate of drug-likeness (QED) is 0.176. The number of carbonyl (C=O) groups excluding carboxylic acids is 3. The second-order valence-electron chi connectivity index (χ2n) is 5.42. The first-order valence-corrected chi connectivity index (χ1v) is 11.0. The highest BCUT2D eigenvalue weighted by Gasteiger charge is 2.31. The molecule has 0 aliphatic carbocycles. The number of aliphatic hydroxyl groups excluding tert-OH is 3. The van der Waals surface area contributed by atoms with Gasteiger partial charge in [-0.25, -0.2) is 0 Å². The Labute approximate surface area is 201 Å². The maximum atomic E-state index is 12.7. The molecule has 0 bridgehead atoms. The number of carbonyl (C=O) groups is 3. The molecule has 1 aromatic rings. The Balaban J connectivity index is 3.69. The normalized spacial score (nSPS) is 11.8. The van der Waals surface area contributed by atoms with Crippen LogP contribution in [-0.4, -0.2) is 72.0 Å². The topological polar surface area (TPSA) is 179 Å². The fourth-order valence-corrected chi connectivity index (χ4v) is 7.01. The van der Waals surface area contributed by atoms with Crippen LogP contribution in [0.1, 0.15) is 20.7 Å². The maximum absolute atomic E-state index is 12.7. The highest BCUT2D eigenvalue weighted by atomic mass is 127. The van der Waals surface area contributed by atoms with Crippen LogP contribution in [0, 0.1) is 10.7 Å². The van der Waals surface area contributed by atoms with Crippen molar-refractivity contribution in [2.45, 2.75) is 6.10 Å². The van der Waals surface area contributed by atoms with Gasteiger partial charge in [0.1, 0.15) is 0 Å². The number of primary amides is 1. The minimum absolute atomic E-state index is 0.0530. The minimum atomic E-state index is -1.15. The number of hydrogen-bond donors (Lipinski definition) is 6. The highest BCUT2D eigenvalue weighted by Crippen LogP contribution is 2.37. The van der Waals surface area contributed by atoms with Crippen molar-refractivity contribution in [1.82, 2.24) is 5.32 Å². The largest absolute Gasteiger partial charge is 0.395 e. The van der Waals surface area contributed by atoms with Crippen LogP contribution in [0.5, 0.6) is 0 Å². The predicted molar refractivity (Wildman–Crippen MR) is 127 cm³/mol. The summed E-state index contributed by atoms with van der Waals surface area (Å²) in [6.45, 7) is -1.54. The molecule has 0 spiro atoms. The van der Waals surface area contributed by atoms with Gasteiger partial charge in [0, 0.05) is 16.7 Å². The second-order valence-corrected chi connectivity index (χ2v) is 8.66. The van der Waals surface area contributed by atoms with E-state index in [1.165, 1.54) is 4.90 Å². The molecule has 0 radical (unpaired) electrons. The molecule has 0 saturated carbocycles. The maximum Gasteiger partial charge on any atom is 0.253 e. The molecule has 0 aliphatic rings. The number of rotatable bonds is 9. The molecule has 13 heteroatoms. The lowest BCUT2D eigenvalue weighted by atomic mass is 10.1. The van der Waals surface area contributed by atoms with Crippen LogP contribution in [0.4, 0.5) is 5.69 Å². The zero-order chi connectivity index (χ0) is 21.6. The summed E-state index contributed by atoms with van der Waals surface area (Å²) in [5.74, 6) is -1.92. The molecule has 1 unspecified atom stereocenters. The van der Waals surface area contributed by atoms with Crippen molar-refractivity contribution in [3.8, 4) is 0 Å². The van der Waals surface area contributed by atoms with Crippen molar-refractivity contribution in [2.75, 3.05) is 37.7 Å². The molecule has 1 rings (SSSR count). The third-order valence-corrected chi connectivity index (χ3v) is 6.72. The average molecular weight is 732 g/mol. The summed E-state index contributed by atoms with van der Waals surface area (Å²) < 4.78 is 0.978. The molecule has 0 fully saturated rings. The van der Waals surface area contributed by atoms with E-state index in [9.17, 15) is 24.6 Å². The number of hydrogen-bond acceptors (Lipinski definition) is 7. The first-order chi connectivity index (χ1) is 13.1. The molecule has 10 nitrogen and oxygen atoms in total. The van der Waals surface area contributed by atoms with E-state index >= 15 is 0 Å². The van der Waals surface area contributed by atoms with Crippen molar-refractivity contribution in [3.05, 3.63) is 21.8 Å². The van der Waals surface area contributed by atoms with Gasteiger partial charge in [-0.05, 0) is 67.8 Å². The Morgan fingerprint density at radius 2 is 1.64 bits per heavy atom. The molecule has 0 aromatic heterocycles. The summed E-state index contributed by atoms with van der Waals surface area (Å²) >= 11 is 5.54. The number of halogens is 3. The van der Waals surface area contributed by atoms with Crippen molar-refractivity contribution in [3.63, 3.8) is 0 Å². The summed E-state index contributed by atoms with van der Waals surface area (Å²) in [7, 11) is 0. The van der Waals surface area contributed by atoms with Gasteiger partial charge in [-0.1, -0.05) is 0 Å². The Kier molecular flexibility index (Phi) is 10.8. The summed E-state index contributed by atoms with van der Waals surface area (Å²) in [5, 5.41) is 30.2. The van der Waals surface area contributed by atoms with Gasteiger partial charge in [0.15, 0.2) is 0 Å². The standard InChI is InChI=1S/C15H19I3N4O6/c16-10-8(14(20)27)11(17)13(22(1-2-23)7(26)3-19)12(18)9(10)15(28)21-4-6(25)5-24/h6,23-25H,1-5,19H2,(H2,20,27)(H,21,28). The van der Waals surface area contributed by atoms with Crippen LogP contribution in [0.2, 0.25) is 0 Å². The lowest BCUT2D eigenvalue weighted by molar-refractivity contribution is -0.117. The lowest BCUT2D eigenvalue weighted by Crippen LogP contribution is -2.40. The van der Waals surface area contributed by atoms with Crippen LogP contribution < -0.4 is 21.7 Å². The van der Waals surface area contributed by atoms with Gasteiger partial charge in [-0.3, -0.25) is 14.4 Å². The highest BCUT2D eigenvalue weighted by molar-refractivity contribution is 14.1. The first-order valence-electron chi connectivity index (χ1n) is 7.80. The number of aliphatic hydroxyl groups is 3. The zero-order valence-corrected chi connectivity index (χ0v) is 20.9. The number of nitrogens with two attached hydrogens (primary N) is 2. The first kappa shape index (κ1) is 25.7. The Bertz CT molecular complexity index is 777. The van der Waals surface area contributed by atoms with Crippen molar-refractivity contribution < 1.29 is 29.7 Å². The SMILES string of the molecule is NCC(=O)N(CCO)c1c(I)c(C(N)=O)c(I)c(C(=O)NCC(O)CO)c1I. The molecule has 156 valence electrons. The van der Waals surface area contributed by atoms with Crippen LogP contribution in [0.3, 0.4) is 0 Å². The Morgan fingerprint density at radius 1 is 1.07 bits per heavy atom. The number of amides is 3. The van der Waals surface area contributed by atoms with E-state index in [1.807, 2.05) is 67.8 Å². The smallest absolute Gasteiger partial charge is 0.253 e. The minimum Gasteiger partial charge on any atom is -0.395 e. The van der Waals surface area contributed by atoms with Gasteiger partial charge in [0.2, 0.25) is 5.91 Å². The van der Waals surface area contributed by atoms with E-state index in [0.29, 0.717) is 7.14 Å². The molecule has 0 saturated heterocycles. The number of anilines is 1. The summed E-state index contributed by atoms with van der Waals surface area (Å²) in [6, 6.07) is 0. The van der Waals surface area contributed by atoms with Gasteiger partial charge in [-0.2, -0.15) is 0 Å². The average Bonchev–Trinajstić information content (AvgIpc) is 2.64. The molecule has 8 N–H and O–H groups in total. The van der Waals surface area contributed by atoms with E-state index in [4.69, 9.17) is 16.6 Å². The molecule has 28 heavy (non-hydrogen) atoms. The van der Waals surface area contributed by atoms with Gasteiger partial charge in [0.05, 0.1) is 49.8 Å². The van der Waals surface area contributed by atoms with Crippen LogP contribution in [0.25, 0.3) is 0 Å². The Hall–Kier alpha value is -0.340. The number of nitrogens with zero attached hydrogens (tertiary/aromatic N) is 1. The fraction of sp³-hybridized carbons (Fsp3) is 0.400. The molecular weight excluding hydrogens is 713 g/mol.